The highest BCUT2D eigenvalue weighted by Crippen LogP contribution is 2.51. The molecule has 2 aromatic heterocycles. The van der Waals surface area contributed by atoms with Gasteiger partial charge in [-0.05, 0) is 109 Å². The van der Waals surface area contributed by atoms with Gasteiger partial charge in [-0.1, -0.05) is 48.5 Å². The van der Waals surface area contributed by atoms with Crippen LogP contribution in [0.4, 0.5) is 34.1 Å². The van der Waals surface area contributed by atoms with Gasteiger partial charge in [-0.3, -0.25) is 0 Å². The molecule has 2 aliphatic heterocycles. The molecule has 6 aromatic carbocycles. The third kappa shape index (κ3) is 5.08. The van der Waals surface area contributed by atoms with E-state index in [1.807, 2.05) is 84.2 Å². The topological polar surface area (TPSA) is 63.6 Å². The highest BCUT2D eigenvalue weighted by atomic mass is 32.1. The number of aromatic nitrogens is 3. The lowest BCUT2D eigenvalue weighted by molar-refractivity contribution is 0.477. The van der Waals surface area contributed by atoms with Crippen molar-refractivity contribution in [3.63, 3.8) is 0 Å². The van der Waals surface area contributed by atoms with Crippen LogP contribution in [0.2, 0.25) is 0 Å². The normalized spacial score (nSPS) is 12.5. The number of anilines is 6. The molecule has 8 heteroatoms. The molecule has 0 amide bonds. The molecule has 2 aliphatic rings. The summed E-state index contributed by atoms with van der Waals surface area (Å²) < 4.78 is 12.4. The lowest BCUT2D eigenvalue weighted by Crippen LogP contribution is -2.15. The largest absolute Gasteiger partial charge is 0.453 e. The van der Waals surface area contributed by atoms with Gasteiger partial charge in [0.25, 0.3) is 0 Å². The van der Waals surface area contributed by atoms with Crippen LogP contribution >= 0.6 is 11.3 Å². The second-order valence-corrected chi connectivity index (χ2v) is 12.9. The van der Waals surface area contributed by atoms with Gasteiger partial charge in [-0.25, -0.2) is 15.0 Å². The lowest BCUT2D eigenvalue weighted by atomic mass is 10.1. The van der Waals surface area contributed by atoms with E-state index >= 15 is 0 Å². The monoisotopic (exact) mass is 677 g/mol. The van der Waals surface area contributed by atoms with Crippen molar-refractivity contribution in [2.45, 2.75) is 0 Å². The molecule has 242 valence electrons. The van der Waals surface area contributed by atoms with Gasteiger partial charge in [0.2, 0.25) is 0 Å². The number of benzene rings is 6. The number of nitrogens with zero attached hydrogens (tertiary/aromatic N) is 5. The van der Waals surface area contributed by atoms with E-state index in [4.69, 9.17) is 24.4 Å². The van der Waals surface area contributed by atoms with Crippen LogP contribution in [0, 0.1) is 0 Å². The van der Waals surface area contributed by atoms with Gasteiger partial charge < -0.3 is 19.3 Å². The van der Waals surface area contributed by atoms with Crippen molar-refractivity contribution in [3.8, 4) is 57.2 Å². The maximum Gasteiger partial charge on any atom is 0.164 e. The van der Waals surface area contributed by atoms with Crippen LogP contribution in [0.1, 0.15) is 0 Å². The zero-order valence-corrected chi connectivity index (χ0v) is 27.9. The van der Waals surface area contributed by atoms with Crippen molar-refractivity contribution >= 4 is 45.5 Å². The highest BCUT2D eigenvalue weighted by Gasteiger charge is 2.27. The molecule has 0 unspecified atom stereocenters. The van der Waals surface area contributed by atoms with Crippen molar-refractivity contribution in [2.24, 2.45) is 0 Å². The number of hydrogen-bond donors (Lipinski definition) is 0. The van der Waals surface area contributed by atoms with Crippen LogP contribution in [0.15, 0.2) is 162 Å². The van der Waals surface area contributed by atoms with Crippen molar-refractivity contribution in [3.05, 3.63) is 162 Å². The van der Waals surface area contributed by atoms with Crippen molar-refractivity contribution < 1.29 is 9.47 Å². The van der Waals surface area contributed by atoms with E-state index in [1.54, 1.807) is 11.3 Å². The zero-order valence-electron chi connectivity index (χ0n) is 27.0. The molecule has 0 saturated carbocycles. The summed E-state index contributed by atoms with van der Waals surface area (Å²) >= 11 is 1.62. The molecule has 0 radical (unpaired) electrons. The quantitative estimate of drug-likeness (QED) is 0.180. The number of hydrogen-bond acceptors (Lipinski definition) is 8. The Morgan fingerprint density at radius 1 is 0.373 bits per heavy atom. The van der Waals surface area contributed by atoms with Crippen LogP contribution in [-0.4, -0.2) is 15.0 Å². The van der Waals surface area contributed by atoms with Crippen LogP contribution in [0.3, 0.4) is 0 Å². The van der Waals surface area contributed by atoms with E-state index in [1.165, 1.54) is 0 Å². The minimum absolute atomic E-state index is 0.607. The Balaban J connectivity index is 1.03. The summed E-state index contributed by atoms with van der Waals surface area (Å²) in [5, 5.41) is 4.10. The maximum absolute atomic E-state index is 6.22. The lowest BCUT2D eigenvalue weighted by Gasteiger charge is -2.32. The Morgan fingerprint density at radius 2 is 0.725 bits per heavy atom. The summed E-state index contributed by atoms with van der Waals surface area (Å²) in [5.74, 6) is 5.11. The fraction of sp³-hybridized carbons (Fsp3) is 0. The average molecular weight is 678 g/mol. The van der Waals surface area contributed by atoms with Gasteiger partial charge in [-0.2, -0.15) is 11.3 Å². The number of ether oxygens (including phenoxy) is 2. The molecule has 7 nitrogen and oxygen atoms in total. The van der Waals surface area contributed by atoms with Crippen LogP contribution in [-0.2, 0) is 0 Å². The number of rotatable bonds is 5. The Bertz CT molecular complexity index is 2300. The second-order valence-electron chi connectivity index (χ2n) is 12.2. The van der Waals surface area contributed by atoms with Crippen LogP contribution in [0.25, 0.3) is 34.2 Å². The smallest absolute Gasteiger partial charge is 0.164 e. The molecule has 10 rings (SSSR count). The summed E-state index contributed by atoms with van der Waals surface area (Å²) in [5.41, 5.74) is 8.71. The molecule has 0 saturated heterocycles. The van der Waals surface area contributed by atoms with Crippen LogP contribution < -0.4 is 19.3 Å². The van der Waals surface area contributed by atoms with Gasteiger partial charge in [0.1, 0.15) is 0 Å². The summed E-state index contributed by atoms with van der Waals surface area (Å²) in [6, 6.07) is 51.1. The maximum atomic E-state index is 6.22. The predicted molar refractivity (Wildman–Crippen MR) is 204 cm³/mol. The van der Waals surface area contributed by atoms with E-state index in [0.29, 0.717) is 17.5 Å². The molecule has 0 atom stereocenters. The highest BCUT2D eigenvalue weighted by molar-refractivity contribution is 7.08. The summed E-state index contributed by atoms with van der Waals surface area (Å²) in [4.78, 5) is 19.4. The standard InChI is InChI=1S/C43H27N5O2S/c1-5-13-37-33(9-1)47(34-10-2-6-14-38(34)49-37)31-21-17-28(18-22-31)41-44-42(46-43(45-41)30-25-26-51-27-30)29-19-23-32(24-20-29)48-35-11-3-7-15-39(35)50-40-16-8-4-12-36(40)48/h1-27H. The van der Waals surface area contributed by atoms with E-state index in [2.05, 4.69) is 88.0 Å². The third-order valence-corrected chi connectivity index (χ3v) is 9.73. The molecular weight excluding hydrogens is 651 g/mol. The first-order valence-corrected chi connectivity index (χ1v) is 17.5. The third-order valence-electron chi connectivity index (χ3n) is 9.05. The number of para-hydroxylation sites is 8. The molecule has 51 heavy (non-hydrogen) atoms. The summed E-state index contributed by atoms with van der Waals surface area (Å²) in [6.07, 6.45) is 0. The predicted octanol–water partition coefficient (Wildman–Crippen LogP) is 12.1. The molecule has 4 heterocycles. The van der Waals surface area contributed by atoms with E-state index < -0.39 is 0 Å². The molecule has 0 fully saturated rings. The minimum atomic E-state index is 0.607. The molecule has 0 aliphatic carbocycles. The number of fused-ring (bicyclic) bond motifs is 4. The van der Waals surface area contributed by atoms with Gasteiger partial charge in [0.05, 0.1) is 22.7 Å². The average Bonchev–Trinajstić information content (AvgIpc) is 3.75. The minimum Gasteiger partial charge on any atom is -0.453 e. The SMILES string of the molecule is c1ccc2c(c1)Oc1ccccc1N2c1ccc(-c2nc(-c3ccc(N4c5ccccc5Oc5ccccc54)cc3)nc(-c3ccsc3)n2)cc1. The van der Waals surface area contributed by atoms with Gasteiger partial charge >= 0.3 is 0 Å². The number of thiophene rings is 1. The molecule has 0 N–H and O–H groups in total. The summed E-state index contributed by atoms with van der Waals surface area (Å²) in [6.45, 7) is 0. The summed E-state index contributed by atoms with van der Waals surface area (Å²) in [7, 11) is 0. The van der Waals surface area contributed by atoms with Crippen molar-refractivity contribution in [1.29, 1.82) is 0 Å². The molecule has 0 spiro atoms. The van der Waals surface area contributed by atoms with E-state index in [-0.39, 0.29) is 0 Å². The molecule has 0 bridgehead atoms. The Labute approximate surface area is 298 Å². The first-order valence-electron chi connectivity index (χ1n) is 16.6. The zero-order chi connectivity index (χ0) is 33.7. The fourth-order valence-corrected chi connectivity index (χ4v) is 7.27. The van der Waals surface area contributed by atoms with Crippen molar-refractivity contribution in [2.75, 3.05) is 9.80 Å². The van der Waals surface area contributed by atoms with Gasteiger partial charge in [-0.15, -0.1) is 0 Å². The molecular formula is C43H27N5O2S. The van der Waals surface area contributed by atoms with Gasteiger partial charge in [0, 0.05) is 33.4 Å². The first kappa shape index (κ1) is 29.2. The van der Waals surface area contributed by atoms with Crippen molar-refractivity contribution in [1.82, 2.24) is 15.0 Å². The first-order chi connectivity index (χ1) is 25.3. The van der Waals surface area contributed by atoms with E-state index in [9.17, 15) is 0 Å². The van der Waals surface area contributed by atoms with Gasteiger partial charge in [0.15, 0.2) is 40.5 Å². The van der Waals surface area contributed by atoms with Crippen LogP contribution in [0.5, 0.6) is 23.0 Å². The fourth-order valence-electron chi connectivity index (χ4n) is 6.64. The molecule has 8 aromatic rings. The Kier molecular flexibility index (Phi) is 6.85. The van der Waals surface area contributed by atoms with E-state index in [0.717, 1.165) is 73.8 Å². The second kappa shape index (κ2) is 12.0. The Hall–Kier alpha value is -6.77. The Morgan fingerprint density at radius 3 is 1.08 bits per heavy atom.